The molecule has 0 bridgehead atoms. The number of pyridine rings is 2. The molecule has 1 N–H and O–H groups in total. The summed E-state index contributed by atoms with van der Waals surface area (Å²) in [7, 11) is 0. The van der Waals surface area contributed by atoms with E-state index in [1.54, 1.807) is 24.3 Å². The van der Waals surface area contributed by atoms with Crippen molar-refractivity contribution in [1.29, 1.82) is 0 Å². The monoisotopic (exact) mass is 465 g/mol. The van der Waals surface area contributed by atoms with Crippen LogP contribution in [0.3, 0.4) is 0 Å². The molecular formula is C21H13F6N5O. The van der Waals surface area contributed by atoms with Gasteiger partial charge in [0, 0.05) is 28.4 Å². The van der Waals surface area contributed by atoms with Crippen molar-refractivity contribution in [3.63, 3.8) is 0 Å². The molecule has 12 heteroatoms. The van der Waals surface area contributed by atoms with E-state index < -0.39 is 35.2 Å². The maximum absolute atomic E-state index is 14.0. The zero-order valence-corrected chi connectivity index (χ0v) is 16.7. The highest BCUT2D eigenvalue weighted by Crippen LogP contribution is 2.36. The van der Waals surface area contributed by atoms with Crippen molar-refractivity contribution in [3.8, 4) is 5.69 Å². The number of amides is 1. The van der Waals surface area contributed by atoms with Crippen LogP contribution in [0.2, 0.25) is 0 Å². The molecule has 0 atom stereocenters. The number of alkyl halides is 6. The zero-order chi connectivity index (χ0) is 24.0. The number of halogens is 6. The van der Waals surface area contributed by atoms with Gasteiger partial charge < -0.3 is 5.32 Å². The average molecular weight is 465 g/mol. The van der Waals surface area contributed by atoms with Crippen molar-refractivity contribution in [2.24, 2.45) is 0 Å². The summed E-state index contributed by atoms with van der Waals surface area (Å²) in [4.78, 5) is 19.9. The predicted molar refractivity (Wildman–Crippen MR) is 106 cm³/mol. The van der Waals surface area contributed by atoms with E-state index in [4.69, 9.17) is 0 Å². The Morgan fingerprint density at radius 3 is 2.39 bits per heavy atom. The summed E-state index contributed by atoms with van der Waals surface area (Å²) in [5.41, 5.74) is -3.98. The first-order valence-corrected chi connectivity index (χ1v) is 9.31. The van der Waals surface area contributed by atoms with Crippen LogP contribution in [-0.2, 0) is 12.4 Å². The second-order valence-corrected chi connectivity index (χ2v) is 7.03. The second kappa shape index (κ2) is 7.87. The summed E-state index contributed by atoms with van der Waals surface area (Å²) in [6.07, 6.45) is -6.46. The van der Waals surface area contributed by atoms with Gasteiger partial charge in [0.25, 0.3) is 5.91 Å². The van der Waals surface area contributed by atoms with E-state index >= 15 is 0 Å². The summed E-state index contributed by atoms with van der Waals surface area (Å²) in [5.74, 6) is -1.28. The lowest BCUT2D eigenvalue weighted by Gasteiger charge is -2.14. The van der Waals surface area contributed by atoms with E-state index in [1.165, 1.54) is 19.3 Å². The minimum absolute atomic E-state index is 0.0152. The molecule has 0 radical (unpaired) electrons. The van der Waals surface area contributed by atoms with Crippen LogP contribution in [0.25, 0.3) is 16.5 Å². The summed E-state index contributed by atoms with van der Waals surface area (Å²) >= 11 is 0. The number of nitrogens with zero attached hydrogens (tertiary/aromatic N) is 4. The normalized spacial score (nSPS) is 12.2. The Kier molecular flexibility index (Phi) is 5.30. The molecule has 0 aliphatic heterocycles. The molecule has 0 saturated carbocycles. The van der Waals surface area contributed by atoms with E-state index in [0.29, 0.717) is 27.7 Å². The largest absolute Gasteiger partial charge is 0.434 e. The van der Waals surface area contributed by atoms with Crippen molar-refractivity contribution in [2.45, 2.75) is 19.3 Å². The fourth-order valence-corrected chi connectivity index (χ4v) is 3.32. The number of fused-ring (bicyclic) bond motifs is 1. The minimum atomic E-state index is -5.01. The van der Waals surface area contributed by atoms with Crippen molar-refractivity contribution in [3.05, 3.63) is 77.6 Å². The maximum Gasteiger partial charge on any atom is 0.434 e. The van der Waals surface area contributed by atoms with Gasteiger partial charge in [-0.1, -0.05) is 24.3 Å². The van der Waals surface area contributed by atoms with Crippen LogP contribution < -0.4 is 5.32 Å². The number of rotatable bonds is 3. The number of carbonyl (C=O) groups is 1. The van der Waals surface area contributed by atoms with E-state index in [2.05, 4.69) is 20.4 Å². The Balaban J connectivity index is 1.79. The molecule has 1 amide bonds. The minimum Gasteiger partial charge on any atom is -0.322 e. The second-order valence-electron chi connectivity index (χ2n) is 7.03. The van der Waals surface area contributed by atoms with Gasteiger partial charge in [0.2, 0.25) is 0 Å². The van der Waals surface area contributed by atoms with Gasteiger partial charge in [-0.15, -0.1) is 0 Å². The van der Waals surface area contributed by atoms with Crippen LogP contribution >= 0.6 is 0 Å². The molecule has 6 nitrogen and oxygen atoms in total. The summed E-state index contributed by atoms with van der Waals surface area (Å²) in [6, 6.07) is 8.19. The SMILES string of the molecule is Cc1cc(NC(=O)c2cnn(-c3cncc4ccccc34)c2C(F)(F)F)cc(C(F)(F)F)n1. The standard InChI is InChI=1S/C21H13F6N5O/c1-11-6-13(7-17(30-11)20(22,23)24)31-19(33)15-9-29-32(18(15)21(25,26)27)16-10-28-8-12-4-2-3-5-14(12)16/h2-10H,1H3,(H,30,31,33). The van der Waals surface area contributed by atoms with Crippen LogP contribution in [0.5, 0.6) is 0 Å². The molecule has 4 aromatic rings. The number of carbonyl (C=O) groups excluding carboxylic acids is 1. The molecule has 33 heavy (non-hydrogen) atoms. The lowest BCUT2D eigenvalue weighted by Crippen LogP contribution is -2.21. The van der Waals surface area contributed by atoms with Gasteiger partial charge in [0.15, 0.2) is 5.69 Å². The third-order valence-electron chi connectivity index (χ3n) is 4.66. The molecule has 3 aromatic heterocycles. The van der Waals surface area contributed by atoms with Crippen LogP contribution in [0, 0.1) is 6.92 Å². The first-order valence-electron chi connectivity index (χ1n) is 9.31. The zero-order valence-electron chi connectivity index (χ0n) is 16.7. The van der Waals surface area contributed by atoms with Gasteiger partial charge in [0.05, 0.1) is 23.6 Å². The highest BCUT2D eigenvalue weighted by molar-refractivity contribution is 6.05. The Morgan fingerprint density at radius 1 is 0.970 bits per heavy atom. The van der Waals surface area contributed by atoms with Gasteiger partial charge in [-0.05, 0) is 19.1 Å². The fourth-order valence-electron chi connectivity index (χ4n) is 3.32. The van der Waals surface area contributed by atoms with Crippen LogP contribution in [-0.4, -0.2) is 25.7 Å². The highest BCUT2D eigenvalue weighted by Gasteiger charge is 2.41. The van der Waals surface area contributed by atoms with Crippen molar-refractivity contribution in [1.82, 2.24) is 19.7 Å². The van der Waals surface area contributed by atoms with Crippen LogP contribution in [0.4, 0.5) is 32.0 Å². The number of nitrogens with one attached hydrogen (secondary N) is 1. The number of anilines is 1. The Labute approximate surface area is 181 Å². The lowest BCUT2D eigenvalue weighted by molar-refractivity contribution is -0.143. The molecule has 4 rings (SSSR count). The molecule has 170 valence electrons. The van der Waals surface area contributed by atoms with E-state index in [1.807, 2.05) is 0 Å². The maximum atomic E-state index is 14.0. The fraction of sp³-hybridized carbons (Fsp3) is 0.143. The number of aryl methyl sites for hydroxylation is 1. The summed E-state index contributed by atoms with van der Waals surface area (Å²) in [5, 5.41) is 6.78. The number of hydrogen-bond donors (Lipinski definition) is 1. The third-order valence-corrected chi connectivity index (χ3v) is 4.66. The summed E-state index contributed by atoms with van der Waals surface area (Å²) in [6.45, 7) is 1.26. The van der Waals surface area contributed by atoms with E-state index in [-0.39, 0.29) is 17.1 Å². The lowest BCUT2D eigenvalue weighted by atomic mass is 10.1. The molecule has 0 spiro atoms. The molecule has 0 aliphatic carbocycles. The van der Waals surface area contributed by atoms with Gasteiger partial charge in [-0.2, -0.15) is 31.4 Å². The summed E-state index contributed by atoms with van der Waals surface area (Å²) < 4.78 is 81.5. The number of hydrogen-bond acceptors (Lipinski definition) is 4. The van der Waals surface area contributed by atoms with Crippen molar-refractivity contribution in [2.75, 3.05) is 5.32 Å². The quantitative estimate of drug-likeness (QED) is 0.411. The Morgan fingerprint density at radius 2 is 1.70 bits per heavy atom. The van der Waals surface area contributed by atoms with Gasteiger partial charge >= 0.3 is 12.4 Å². The molecule has 0 fully saturated rings. The molecular weight excluding hydrogens is 452 g/mol. The first-order chi connectivity index (χ1) is 15.4. The number of benzene rings is 1. The number of aromatic nitrogens is 4. The smallest absolute Gasteiger partial charge is 0.322 e. The highest BCUT2D eigenvalue weighted by atomic mass is 19.4. The predicted octanol–water partition coefficient (Wildman–Crippen LogP) is 5.41. The van der Waals surface area contributed by atoms with E-state index in [9.17, 15) is 31.1 Å². The van der Waals surface area contributed by atoms with Crippen LogP contribution in [0.1, 0.15) is 27.4 Å². The Hall–Kier alpha value is -3.96. The van der Waals surface area contributed by atoms with Crippen molar-refractivity contribution < 1.29 is 31.1 Å². The van der Waals surface area contributed by atoms with Gasteiger partial charge in [-0.3, -0.25) is 9.78 Å². The first kappa shape index (κ1) is 22.2. The molecule has 0 saturated heterocycles. The topological polar surface area (TPSA) is 72.7 Å². The van der Waals surface area contributed by atoms with Crippen LogP contribution in [0.15, 0.2) is 55.0 Å². The molecule has 0 unspecified atom stereocenters. The molecule has 0 aliphatic rings. The molecule has 3 heterocycles. The Bertz CT molecular complexity index is 1350. The van der Waals surface area contributed by atoms with Gasteiger partial charge in [0.1, 0.15) is 5.69 Å². The van der Waals surface area contributed by atoms with Crippen molar-refractivity contribution >= 4 is 22.4 Å². The third kappa shape index (κ3) is 4.36. The molecule has 1 aromatic carbocycles. The average Bonchev–Trinajstić information content (AvgIpc) is 3.18. The van der Waals surface area contributed by atoms with E-state index in [0.717, 1.165) is 6.07 Å². The van der Waals surface area contributed by atoms with Gasteiger partial charge in [-0.25, -0.2) is 9.67 Å².